The zero-order valence-electron chi connectivity index (χ0n) is 24.2. The molecule has 7 rings (SSSR count). The van der Waals surface area contributed by atoms with E-state index in [-0.39, 0.29) is 10.3 Å². The zero-order chi connectivity index (χ0) is 30.4. The van der Waals surface area contributed by atoms with E-state index in [9.17, 15) is 13.0 Å². The van der Waals surface area contributed by atoms with Gasteiger partial charge in [0.15, 0.2) is 0 Å². The van der Waals surface area contributed by atoms with Gasteiger partial charge in [-0.1, -0.05) is 136 Å². The summed E-state index contributed by atoms with van der Waals surface area (Å²) < 4.78 is 32.5. The monoisotopic (exact) mass is 600 g/mol. The van der Waals surface area contributed by atoms with Crippen LogP contribution in [0.2, 0.25) is 0 Å². The van der Waals surface area contributed by atoms with Gasteiger partial charge in [0, 0.05) is 15.8 Å². The zero-order valence-corrected chi connectivity index (χ0v) is 26.0. The van der Waals surface area contributed by atoms with E-state index in [1.807, 2.05) is 36.4 Å². The summed E-state index contributed by atoms with van der Waals surface area (Å²) in [5.74, 6) is 0. The van der Waals surface area contributed by atoms with Gasteiger partial charge in [0.2, 0.25) is 0 Å². The molecule has 0 atom stereocenters. The Bertz CT molecular complexity index is 2170. The van der Waals surface area contributed by atoms with Crippen LogP contribution in [0.25, 0.3) is 54.6 Å². The van der Waals surface area contributed by atoms with Crippen molar-refractivity contribution < 1.29 is 13.0 Å². The molecule has 43 heavy (non-hydrogen) atoms. The highest BCUT2D eigenvalue weighted by molar-refractivity contribution is 7.86. The molecule has 5 heteroatoms. The SMILES string of the molecule is CC(C)(C)c1ccc(S)c(-c2ccccc2)c1-c1ccccc1.O=S(=O)(O)c1ccc2ccc3cccc4ccc1c2c34. The molecule has 0 bridgehead atoms. The Hall–Kier alpha value is -4.16. The van der Waals surface area contributed by atoms with Crippen LogP contribution < -0.4 is 0 Å². The summed E-state index contributed by atoms with van der Waals surface area (Å²) in [4.78, 5) is 0.978. The van der Waals surface area contributed by atoms with Gasteiger partial charge >= 0.3 is 0 Å². The fraction of sp³-hybridized carbons (Fsp3) is 0.105. The molecule has 0 aliphatic heterocycles. The Morgan fingerprint density at radius 2 is 1.07 bits per heavy atom. The first-order valence-electron chi connectivity index (χ1n) is 14.2. The van der Waals surface area contributed by atoms with E-state index in [0.29, 0.717) is 5.39 Å². The minimum atomic E-state index is -4.23. The number of thiol groups is 1. The highest BCUT2D eigenvalue weighted by Gasteiger charge is 2.23. The Balaban J connectivity index is 0.000000154. The summed E-state index contributed by atoms with van der Waals surface area (Å²) in [6.07, 6.45) is 0. The first kappa shape index (κ1) is 28.9. The summed E-state index contributed by atoms with van der Waals surface area (Å²) in [5, 5.41) is 5.58. The number of benzene rings is 7. The first-order chi connectivity index (χ1) is 20.5. The molecule has 0 saturated heterocycles. The normalized spacial score (nSPS) is 12.0. The van der Waals surface area contributed by atoms with E-state index in [0.717, 1.165) is 31.8 Å². The van der Waals surface area contributed by atoms with Crippen LogP contribution in [0, 0.1) is 0 Å². The van der Waals surface area contributed by atoms with Gasteiger partial charge in [-0.3, -0.25) is 4.55 Å². The molecule has 0 fully saturated rings. The van der Waals surface area contributed by atoms with Crippen molar-refractivity contribution in [3.05, 3.63) is 133 Å². The van der Waals surface area contributed by atoms with E-state index in [4.69, 9.17) is 12.6 Å². The minimum Gasteiger partial charge on any atom is -0.282 e. The highest BCUT2D eigenvalue weighted by atomic mass is 32.2. The maximum atomic E-state index is 11.5. The van der Waals surface area contributed by atoms with E-state index >= 15 is 0 Å². The number of rotatable bonds is 3. The lowest BCUT2D eigenvalue weighted by molar-refractivity contribution is 0.484. The third kappa shape index (κ3) is 5.52. The second-order valence-corrected chi connectivity index (χ2v) is 13.6. The summed E-state index contributed by atoms with van der Waals surface area (Å²) in [6, 6.07) is 42.3. The van der Waals surface area contributed by atoms with Crippen molar-refractivity contribution in [2.45, 2.75) is 36.0 Å². The quantitative estimate of drug-likeness (QED) is 0.121. The molecule has 0 aliphatic rings. The van der Waals surface area contributed by atoms with Crippen LogP contribution in [0.5, 0.6) is 0 Å². The van der Waals surface area contributed by atoms with E-state index < -0.39 is 10.1 Å². The van der Waals surface area contributed by atoms with E-state index in [2.05, 4.69) is 93.6 Å². The summed E-state index contributed by atoms with van der Waals surface area (Å²) >= 11 is 4.77. The van der Waals surface area contributed by atoms with Crippen molar-refractivity contribution >= 4 is 55.1 Å². The van der Waals surface area contributed by atoms with Crippen molar-refractivity contribution in [3.8, 4) is 22.3 Å². The summed E-state index contributed by atoms with van der Waals surface area (Å²) in [5.41, 5.74) is 6.37. The first-order valence-corrected chi connectivity index (χ1v) is 16.0. The molecule has 0 heterocycles. The summed E-state index contributed by atoms with van der Waals surface area (Å²) in [6.45, 7) is 6.80. The van der Waals surface area contributed by atoms with E-state index in [1.54, 1.807) is 12.1 Å². The van der Waals surface area contributed by atoms with Gasteiger partial charge < -0.3 is 0 Å². The lowest BCUT2D eigenvalue weighted by Crippen LogP contribution is -2.13. The highest BCUT2D eigenvalue weighted by Crippen LogP contribution is 2.43. The van der Waals surface area contributed by atoms with Gasteiger partial charge in [0.1, 0.15) is 4.90 Å². The third-order valence-electron chi connectivity index (χ3n) is 7.88. The molecule has 0 spiro atoms. The largest absolute Gasteiger partial charge is 0.295 e. The second-order valence-electron chi connectivity index (χ2n) is 11.8. The molecule has 7 aromatic rings. The molecule has 7 aromatic carbocycles. The third-order valence-corrected chi connectivity index (χ3v) is 9.17. The Labute approximate surface area is 258 Å². The number of hydrogen-bond acceptors (Lipinski definition) is 3. The molecule has 0 amide bonds. The van der Waals surface area contributed by atoms with Gasteiger partial charge in [-0.2, -0.15) is 8.42 Å². The predicted molar refractivity (Wildman–Crippen MR) is 183 cm³/mol. The van der Waals surface area contributed by atoms with Crippen LogP contribution >= 0.6 is 12.6 Å². The molecular formula is C38H32O3S2. The van der Waals surface area contributed by atoms with Crippen molar-refractivity contribution in [3.63, 3.8) is 0 Å². The Morgan fingerprint density at radius 3 is 1.63 bits per heavy atom. The average Bonchev–Trinajstić information content (AvgIpc) is 2.99. The van der Waals surface area contributed by atoms with Crippen LogP contribution in [0.3, 0.4) is 0 Å². The minimum absolute atomic E-state index is 0.0387. The summed E-state index contributed by atoms with van der Waals surface area (Å²) in [7, 11) is -4.23. The van der Waals surface area contributed by atoms with Gasteiger partial charge in [0.25, 0.3) is 10.1 Å². The average molecular weight is 601 g/mol. The topological polar surface area (TPSA) is 54.4 Å². The van der Waals surface area contributed by atoms with Crippen molar-refractivity contribution in [2.24, 2.45) is 0 Å². The van der Waals surface area contributed by atoms with Crippen molar-refractivity contribution in [1.29, 1.82) is 0 Å². The van der Waals surface area contributed by atoms with Crippen LogP contribution in [0.1, 0.15) is 26.3 Å². The maximum Gasteiger partial charge on any atom is 0.295 e. The fourth-order valence-electron chi connectivity index (χ4n) is 5.95. The van der Waals surface area contributed by atoms with E-state index in [1.165, 1.54) is 33.9 Å². The molecule has 1 N–H and O–H groups in total. The van der Waals surface area contributed by atoms with Crippen molar-refractivity contribution in [1.82, 2.24) is 0 Å². The fourth-order valence-corrected chi connectivity index (χ4v) is 6.96. The van der Waals surface area contributed by atoms with Crippen molar-refractivity contribution in [2.75, 3.05) is 0 Å². The molecule has 0 radical (unpaired) electrons. The van der Waals surface area contributed by atoms with Crippen LogP contribution in [-0.2, 0) is 15.5 Å². The predicted octanol–water partition coefficient (Wildman–Crippen LogP) is 10.4. The second kappa shape index (κ2) is 11.2. The Morgan fingerprint density at radius 1 is 0.558 bits per heavy atom. The van der Waals surface area contributed by atoms with Gasteiger partial charge in [-0.15, -0.1) is 12.6 Å². The van der Waals surface area contributed by atoms with Crippen LogP contribution in [0.15, 0.2) is 137 Å². The van der Waals surface area contributed by atoms with Gasteiger partial charge in [0.05, 0.1) is 0 Å². The smallest absolute Gasteiger partial charge is 0.282 e. The standard InChI is InChI=1S/C22H22S.C16H10O3S/c1-22(2,3)18-14-15-19(23)21(17-12-8-5-9-13-17)20(18)16-10-6-4-7-11-16;17-20(18,19)14-9-7-12-5-4-10-2-1-3-11-6-8-13(14)16(12)15(10)11/h4-15,23H,1-3H3;1-9H,(H,17,18,19). The molecule has 3 nitrogen and oxygen atoms in total. The lowest BCUT2D eigenvalue weighted by Gasteiger charge is -2.26. The van der Waals surface area contributed by atoms with Crippen LogP contribution in [-0.4, -0.2) is 13.0 Å². The van der Waals surface area contributed by atoms with Gasteiger partial charge in [-0.25, -0.2) is 0 Å². The molecule has 0 saturated carbocycles. The Kier molecular flexibility index (Phi) is 7.51. The molecule has 0 unspecified atom stereocenters. The molecule has 0 aromatic heterocycles. The van der Waals surface area contributed by atoms with Gasteiger partial charge in [-0.05, 0) is 66.7 Å². The molecular weight excluding hydrogens is 569 g/mol. The van der Waals surface area contributed by atoms with Crippen LogP contribution in [0.4, 0.5) is 0 Å². The molecule has 214 valence electrons. The maximum absolute atomic E-state index is 11.5. The number of hydrogen-bond donors (Lipinski definition) is 2. The molecule has 0 aliphatic carbocycles. The lowest BCUT2D eigenvalue weighted by atomic mass is 9.79.